The summed E-state index contributed by atoms with van der Waals surface area (Å²) in [6.07, 6.45) is 10.5. The van der Waals surface area contributed by atoms with E-state index in [-0.39, 0.29) is 34.5 Å². The van der Waals surface area contributed by atoms with E-state index in [1.807, 2.05) is 6.08 Å². The Balaban J connectivity index is 1.35. The van der Waals surface area contributed by atoms with Crippen molar-refractivity contribution in [2.75, 3.05) is 6.54 Å². The predicted octanol–water partition coefficient (Wildman–Crippen LogP) is 6.11. The zero-order valence-corrected chi connectivity index (χ0v) is 22.3. The van der Waals surface area contributed by atoms with Gasteiger partial charge in [-0.2, -0.15) is 5.06 Å². The van der Waals surface area contributed by atoms with Crippen molar-refractivity contribution in [2.24, 2.45) is 35.0 Å². The largest absolute Gasteiger partial charge is 0.369 e. The van der Waals surface area contributed by atoms with Gasteiger partial charge in [0.05, 0.1) is 17.2 Å². The normalized spacial score (nSPS) is 50.3. The van der Waals surface area contributed by atoms with E-state index < -0.39 is 0 Å². The van der Waals surface area contributed by atoms with Gasteiger partial charge in [-0.3, -0.25) is 4.79 Å². The Kier molecular flexibility index (Phi) is 5.40. The van der Waals surface area contributed by atoms with E-state index >= 15 is 0 Å². The average Bonchev–Trinajstić information content (AvgIpc) is 2.92. The van der Waals surface area contributed by atoms with E-state index in [0.717, 1.165) is 57.1 Å². The van der Waals surface area contributed by atoms with Gasteiger partial charge in [0, 0.05) is 36.4 Å². The van der Waals surface area contributed by atoms with Crippen LogP contribution in [0.3, 0.4) is 0 Å². The van der Waals surface area contributed by atoms with Crippen LogP contribution < -0.4 is 0 Å². The minimum absolute atomic E-state index is 0.0533. The molecule has 6 aliphatic rings. The number of fused-ring (bicyclic) bond motifs is 5. The van der Waals surface area contributed by atoms with Crippen molar-refractivity contribution in [3.05, 3.63) is 22.8 Å². The Hall–Kier alpha value is -1.30. The zero-order chi connectivity index (χ0) is 24.9. The summed E-state index contributed by atoms with van der Waals surface area (Å²) in [5, 5.41) is 22.1. The number of allylic oxidation sites excluding steroid dienone is 3. The molecule has 2 aliphatic heterocycles. The smallest absolute Gasteiger partial charge is 0.155 e. The van der Waals surface area contributed by atoms with Crippen LogP contribution >= 0.6 is 0 Å². The average molecular weight is 481 g/mol. The van der Waals surface area contributed by atoms with E-state index in [1.165, 1.54) is 16.7 Å². The van der Waals surface area contributed by atoms with Crippen LogP contribution in [0.4, 0.5) is 0 Å². The van der Waals surface area contributed by atoms with Gasteiger partial charge in [-0.15, -0.1) is 0 Å². The lowest BCUT2D eigenvalue weighted by Gasteiger charge is -2.54. The molecule has 2 N–H and O–H groups in total. The number of carbonyl (C=O) groups excluding carboxylic acids is 1. The number of ketones is 1. The van der Waals surface area contributed by atoms with Crippen molar-refractivity contribution in [2.45, 2.75) is 110 Å². The van der Waals surface area contributed by atoms with Crippen LogP contribution in [-0.2, 0) is 9.53 Å². The van der Waals surface area contributed by atoms with Gasteiger partial charge in [0.15, 0.2) is 5.78 Å². The highest BCUT2D eigenvalue weighted by molar-refractivity contribution is 5.93. The highest BCUT2D eigenvalue weighted by Crippen LogP contribution is 2.61. The molecule has 6 rings (SSSR count). The monoisotopic (exact) mass is 480 g/mol. The van der Waals surface area contributed by atoms with Crippen LogP contribution in [0.1, 0.15) is 92.4 Å². The van der Waals surface area contributed by atoms with Crippen LogP contribution in [0, 0.1) is 40.4 Å². The molecular weight excluding hydrogens is 436 g/mol. The molecule has 2 heterocycles. The van der Waals surface area contributed by atoms with Gasteiger partial charge in [0.2, 0.25) is 0 Å². The molecule has 9 atom stereocenters. The van der Waals surface area contributed by atoms with Gasteiger partial charge in [0.25, 0.3) is 0 Å². The SMILES string of the molecule is CC1=C2C[C@H]3C(CCC4=CC(=O)CC[C@@]43C)C(=N)C2CC[C@@]2(C1)O[C@@H]1C[C@H](C)CN(O)C1(C)[C@H]2C. The van der Waals surface area contributed by atoms with Crippen LogP contribution in [0.5, 0.6) is 0 Å². The summed E-state index contributed by atoms with van der Waals surface area (Å²) in [6, 6.07) is 0. The first-order chi connectivity index (χ1) is 16.5. The van der Waals surface area contributed by atoms with Crippen molar-refractivity contribution in [3.63, 3.8) is 0 Å². The van der Waals surface area contributed by atoms with Crippen LogP contribution in [-0.4, -0.2) is 45.6 Å². The van der Waals surface area contributed by atoms with Crippen molar-refractivity contribution in [3.8, 4) is 0 Å². The third kappa shape index (κ3) is 3.23. The number of nitrogens with zero attached hydrogens (tertiary/aromatic N) is 1. The number of ether oxygens (including phenoxy) is 1. The second kappa shape index (κ2) is 7.85. The molecule has 2 saturated heterocycles. The first-order valence-corrected chi connectivity index (χ1v) is 14.1. The van der Waals surface area contributed by atoms with Gasteiger partial charge in [-0.25, -0.2) is 0 Å². The fraction of sp³-hybridized carbons (Fsp3) is 0.800. The molecule has 4 aliphatic carbocycles. The standard InChI is InChI=1S/C30H44N2O3/c1-17-12-26-29(5,32(34)16-17)19(3)30(35-26)11-9-22-24(18(2)15-30)14-25-23(27(22)31)7-6-20-13-21(33)8-10-28(20,25)4/h13,17,19,22-23,25-26,31,34H,6-12,14-16H2,1-5H3/t17-,19+,22?,23?,25-,26+,28-,29?,30-/m0/s1. The van der Waals surface area contributed by atoms with E-state index in [2.05, 4.69) is 34.6 Å². The Morgan fingerprint density at radius 1 is 1.17 bits per heavy atom. The number of carbonyl (C=O) groups is 1. The predicted molar refractivity (Wildman–Crippen MR) is 136 cm³/mol. The van der Waals surface area contributed by atoms with Gasteiger partial charge in [-0.05, 0) is 88.5 Å². The van der Waals surface area contributed by atoms with Gasteiger partial charge < -0.3 is 15.4 Å². The minimum atomic E-state index is -0.351. The van der Waals surface area contributed by atoms with E-state index in [1.54, 1.807) is 5.06 Å². The Morgan fingerprint density at radius 2 is 1.94 bits per heavy atom. The molecule has 0 aromatic rings. The highest BCUT2D eigenvalue weighted by atomic mass is 16.5. The number of hydrogen-bond donors (Lipinski definition) is 2. The quantitative estimate of drug-likeness (QED) is 0.410. The van der Waals surface area contributed by atoms with Crippen molar-refractivity contribution in [1.29, 1.82) is 5.41 Å². The van der Waals surface area contributed by atoms with Crippen LogP contribution in [0.15, 0.2) is 22.8 Å². The second-order valence-electron chi connectivity index (χ2n) is 13.6. The molecule has 0 bridgehead atoms. The lowest BCUT2D eigenvalue weighted by Crippen LogP contribution is -2.59. The number of hydrogen-bond acceptors (Lipinski definition) is 5. The van der Waals surface area contributed by atoms with Crippen LogP contribution in [0.25, 0.3) is 0 Å². The lowest BCUT2D eigenvalue weighted by molar-refractivity contribution is -0.222. The summed E-state index contributed by atoms with van der Waals surface area (Å²) in [4.78, 5) is 12.2. The summed E-state index contributed by atoms with van der Waals surface area (Å²) >= 11 is 0. The van der Waals surface area contributed by atoms with E-state index in [4.69, 9.17) is 4.74 Å². The molecule has 2 saturated carbocycles. The molecule has 5 nitrogen and oxygen atoms in total. The van der Waals surface area contributed by atoms with Gasteiger partial charge >= 0.3 is 0 Å². The van der Waals surface area contributed by atoms with Crippen molar-refractivity contribution < 1.29 is 14.7 Å². The molecule has 0 radical (unpaired) electrons. The Bertz CT molecular complexity index is 1030. The van der Waals surface area contributed by atoms with E-state index in [0.29, 0.717) is 36.5 Å². The number of rotatable bonds is 0. The van der Waals surface area contributed by atoms with Gasteiger partial charge in [0.1, 0.15) is 0 Å². The summed E-state index contributed by atoms with van der Waals surface area (Å²) in [7, 11) is 0. The molecule has 1 spiro atoms. The summed E-state index contributed by atoms with van der Waals surface area (Å²) in [5.74, 6) is 1.97. The molecule has 0 amide bonds. The maximum absolute atomic E-state index is 12.2. The number of hydroxylamine groups is 2. The first-order valence-electron chi connectivity index (χ1n) is 14.1. The summed E-state index contributed by atoms with van der Waals surface area (Å²) < 4.78 is 7.02. The third-order valence-electron chi connectivity index (χ3n) is 11.9. The summed E-state index contributed by atoms with van der Waals surface area (Å²) in [5.41, 5.74) is 4.67. The molecule has 0 aromatic carbocycles. The maximum Gasteiger partial charge on any atom is 0.155 e. The summed E-state index contributed by atoms with van der Waals surface area (Å²) in [6.45, 7) is 12.1. The third-order valence-corrected chi connectivity index (χ3v) is 11.9. The molecule has 192 valence electrons. The van der Waals surface area contributed by atoms with Crippen molar-refractivity contribution in [1.82, 2.24) is 5.06 Å². The van der Waals surface area contributed by atoms with Gasteiger partial charge in [-0.1, -0.05) is 37.5 Å². The van der Waals surface area contributed by atoms with E-state index in [9.17, 15) is 15.4 Å². The Morgan fingerprint density at radius 3 is 2.71 bits per heavy atom. The molecule has 0 aromatic heterocycles. The molecule has 35 heavy (non-hydrogen) atoms. The lowest BCUT2D eigenvalue weighted by atomic mass is 9.50. The molecule has 4 fully saturated rings. The molecule has 3 unspecified atom stereocenters. The maximum atomic E-state index is 12.2. The van der Waals surface area contributed by atoms with Crippen LogP contribution in [0.2, 0.25) is 0 Å². The minimum Gasteiger partial charge on any atom is -0.369 e. The molecular formula is C30H44N2O3. The topological polar surface area (TPSA) is 73.6 Å². The molecule has 5 heteroatoms. The fourth-order valence-electron chi connectivity index (χ4n) is 9.51. The zero-order valence-electron chi connectivity index (χ0n) is 22.3. The number of nitrogens with one attached hydrogen (secondary N) is 1. The first kappa shape index (κ1) is 24.1. The number of piperidine rings is 1. The highest BCUT2D eigenvalue weighted by Gasteiger charge is 2.64. The fourth-order valence-corrected chi connectivity index (χ4v) is 9.51. The Labute approximate surface area is 210 Å². The van der Waals surface area contributed by atoms with Crippen molar-refractivity contribution >= 4 is 11.5 Å². The second-order valence-corrected chi connectivity index (χ2v) is 13.6.